The molecule has 3 rings (SSSR count). The molecule has 0 aliphatic heterocycles. The third-order valence-corrected chi connectivity index (χ3v) is 2.89. The van der Waals surface area contributed by atoms with Gasteiger partial charge in [-0.3, -0.25) is 0 Å². The van der Waals surface area contributed by atoms with Crippen LogP contribution in [0.4, 0.5) is 0 Å². The number of carboxylic acid groups (broad SMARTS) is 1. The Morgan fingerprint density at radius 1 is 1.33 bits per heavy atom. The number of hydrogen-bond acceptors (Lipinski definition) is 5. The molecule has 0 aliphatic rings. The van der Waals surface area contributed by atoms with Crippen molar-refractivity contribution in [2.75, 3.05) is 0 Å². The molecule has 0 saturated heterocycles. The average Bonchev–Trinajstić information content (AvgIpc) is 2.82. The summed E-state index contributed by atoms with van der Waals surface area (Å²) in [6.45, 7) is 1.73. The Labute approximate surface area is 117 Å². The number of aryl methyl sites for hydroxylation is 1. The molecule has 0 radical (unpaired) electrons. The zero-order chi connectivity index (χ0) is 15.0. The number of benzene rings is 1. The molecule has 0 fully saturated rings. The maximum absolute atomic E-state index is 11.4. The van der Waals surface area contributed by atoms with Gasteiger partial charge in [0.1, 0.15) is 5.75 Å². The van der Waals surface area contributed by atoms with E-state index in [2.05, 4.69) is 15.3 Å². The quantitative estimate of drug-likeness (QED) is 0.749. The maximum Gasteiger partial charge on any atom is 0.364 e. The lowest BCUT2D eigenvalue weighted by Crippen LogP contribution is -2.12. The van der Waals surface area contributed by atoms with E-state index >= 15 is 0 Å². The predicted octanol–water partition coefficient (Wildman–Crippen LogP) is 1.22. The summed E-state index contributed by atoms with van der Waals surface area (Å²) in [5.74, 6) is -0.338. The Kier molecular flexibility index (Phi) is 2.90. The fourth-order valence-electron chi connectivity index (χ4n) is 1.85. The number of fused-ring (bicyclic) bond motifs is 1. The van der Waals surface area contributed by atoms with Gasteiger partial charge in [0.2, 0.25) is 5.88 Å². The molecule has 0 bridgehead atoms. The van der Waals surface area contributed by atoms with Crippen molar-refractivity contribution in [2.45, 2.75) is 6.92 Å². The van der Waals surface area contributed by atoms with Crippen LogP contribution in [0.2, 0.25) is 0 Å². The smallest absolute Gasteiger partial charge is 0.364 e. The zero-order valence-corrected chi connectivity index (χ0v) is 10.9. The highest BCUT2D eigenvalue weighted by Crippen LogP contribution is 2.24. The number of aromatic amines is 1. The minimum absolute atomic E-state index is 0.175. The molecule has 0 atom stereocenters. The highest BCUT2D eigenvalue weighted by molar-refractivity contribution is 5.88. The second-order valence-electron chi connectivity index (χ2n) is 4.36. The van der Waals surface area contributed by atoms with Crippen molar-refractivity contribution in [1.29, 1.82) is 0 Å². The van der Waals surface area contributed by atoms with Crippen LogP contribution >= 0.6 is 0 Å². The molecule has 1 aromatic carbocycles. The number of aromatic nitrogens is 4. The van der Waals surface area contributed by atoms with Crippen LogP contribution in [0.25, 0.3) is 5.65 Å². The van der Waals surface area contributed by atoms with E-state index in [4.69, 9.17) is 9.84 Å². The first-order valence-corrected chi connectivity index (χ1v) is 6.01. The first-order chi connectivity index (χ1) is 10.0. The van der Waals surface area contributed by atoms with E-state index in [0.29, 0.717) is 17.0 Å². The summed E-state index contributed by atoms with van der Waals surface area (Å²) >= 11 is 0. The van der Waals surface area contributed by atoms with Crippen LogP contribution in [0.3, 0.4) is 0 Å². The van der Waals surface area contributed by atoms with Crippen molar-refractivity contribution in [3.63, 3.8) is 0 Å². The molecular formula is C13H10N4O4. The number of aromatic carboxylic acids is 1. The van der Waals surface area contributed by atoms with Crippen LogP contribution in [0.15, 0.2) is 35.1 Å². The Hall–Kier alpha value is -3.16. The van der Waals surface area contributed by atoms with Gasteiger partial charge in [-0.05, 0) is 36.8 Å². The lowest BCUT2D eigenvalue weighted by molar-refractivity contribution is 0.0697. The maximum atomic E-state index is 11.4. The Morgan fingerprint density at radius 3 is 2.86 bits per heavy atom. The topological polar surface area (TPSA) is 110 Å². The van der Waals surface area contributed by atoms with Gasteiger partial charge >= 0.3 is 11.7 Å². The first kappa shape index (κ1) is 12.9. The second kappa shape index (κ2) is 4.75. The van der Waals surface area contributed by atoms with Crippen LogP contribution in [0.1, 0.15) is 15.9 Å². The number of H-pyrrole nitrogens is 1. The fraction of sp³-hybridized carbons (Fsp3) is 0.0769. The van der Waals surface area contributed by atoms with Crippen LogP contribution < -0.4 is 10.4 Å². The summed E-state index contributed by atoms with van der Waals surface area (Å²) in [6, 6.07) is 7.64. The van der Waals surface area contributed by atoms with Gasteiger partial charge < -0.3 is 9.84 Å². The number of carbonyl (C=O) groups is 1. The van der Waals surface area contributed by atoms with Crippen LogP contribution in [0, 0.1) is 6.92 Å². The van der Waals surface area contributed by atoms with Crippen molar-refractivity contribution < 1.29 is 14.6 Å². The third kappa shape index (κ3) is 2.34. The van der Waals surface area contributed by atoms with Crippen LogP contribution in [-0.4, -0.2) is 30.9 Å². The predicted molar refractivity (Wildman–Crippen MR) is 71.8 cm³/mol. The monoisotopic (exact) mass is 286 g/mol. The standard InChI is InChI=1S/C13H10N4O4/c1-7-6-8(12(18)19)2-3-9(7)21-11-5-4-10-14-15-13(20)17(10)16-11/h2-6H,1H3,(H,15,20)(H,18,19). The Bertz CT molecular complexity index is 897. The molecule has 0 aliphatic carbocycles. The van der Waals surface area contributed by atoms with E-state index in [1.807, 2.05) is 0 Å². The molecule has 2 heterocycles. The van der Waals surface area contributed by atoms with E-state index < -0.39 is 11.7 Å². The highest BCUT2D eigenvalue weighted by atomic mass is 16.5. The van der Waals surface area contributed by atoms with Gasteiger partial charge in [0, 0.05) is 6.07 Å². The van der Waals surface area contributed by atoms with Crippen molar-refractivity contribution >= 4 is 11.6 Å². The van der Waals surface area contributed by atoms with E-state index in [1.54, 1.807) is 25.1 Å². The molecular weight excluding hydrogens is 276 g/mol. The molecule has 0 unspecified atom stereocenters. The van der Waals surface area contributed by atoms with Gasteiger partial charge in [-0.15, -0.1) is 5.10 Å². The molecule has 21 heavy (non-hydrogen) atoms. The molecule has 106 valence electrons. The lowest BCUT2D eigenvalue weighted by atomic mass is 10.1. The summed E-state index contributed by atoms with van der Waals surface area (Å²) < 4.78 is 6.65. The van der Waals surface area contributed by atoms with Crippen molar-refractivity contribution in [3.8, 4) is 11.6 Å². The third-order valence-electron chi connectivity index (χ3n) is 2.89. The van der Waals surface area contributed by atoms with Gasteiger partial charge in [-0.2, -0.15) is 9.61 Å². The Morgan fingerprint density at radius 2 is 2.14 bits per heavy atom. The molecule has 8 heteroatoms. The summed E-state index contributed by atoms with van der Waals surface area (Å²) in [6.07, 6.45) is 0. The summed E-state index contributed by atoms with van der Waals surface area (Å²) in [5.41, 5.74) is 0.740. The minimum atomic E-state index is -1.01. The van der Waals surface area contributed by atoms with E-state index in [1.165, 1.54) is 12.1 Å². The SMILES string of the molecule is Cc1cc(C(=O)O)ccc1Oc1ccc2n[nH]c(=O)n2n1. The molecule has 8 nitrogen and oxygen atoms in total. The van der Waals surface area contributed by atoms with Crippen LogP contribution in [-0.2, 0) is 0 Å². The van der Waals surface area contributed by atoms with E-state index in [0.717, 1.165) is 4.52 Å². The summed E-state index contributed by atoms with van der Waals surface area (Å²) in [4.78, 5) is 22.3. The van der Waals surface area contributed by atoms with E-state index in [-0.39, 0.29) is 11.4 Å². The molecule has 2 N–H and O–H groups in total. The van der Waals surface area contributed by atoms with E-state index in [9.17, 15) is 9.59 Å². The van der Waals surface area contributed by atoms with Crippen molar-refractivity contribution in [3.05, 3.63) is 51.9 Å². The fourth-order valence-corrected chi connectivity index (χ4v) is 1.85. The number of nitrogens with zero attached hydrogens (tertiary/aromatic N) is 3. The molecule has 0 spiro atoms. The summed E-state index contributed by atoms with van der Waals surface area (Å²) in [7, 11) is 0. The molecule has 0 saturated carbocycles. The lowest BCUT2D eigenvalue weighted by Gasteiger charge is -2.08. The molecule has 3 aromatic rings. The highest BCUT2D eigenvalue weighted by Gasteiger charge is 2.09. The summed E-state index contributed by atoms with van der Waals surface area (Å²) in [5, 5.41) is 18.9. The van der Waals surface area contributed by atoms with Gasteiger partial charge in [-0.25, -0.2) is 14.7 Å². The average molecular weight is 286 g/mol. The van der Waals surface area contributed by atoms with Gasteiger partial charge in [0.05, 0.1) is 5.56 Å². The van der Waals surface area contributed by atoms with Crippen molar-refractivity contribution in [2.24, 2.45) is 0 Å². The van der Waals surface area contributed by atoms with Gasteiger partial charge in [-0.1, -0.05) is 0 Å². The zero-order valence-electron chi connectivity index (χ0n) is 10.9. The first-order valence-electron chi connectivity index (χ1n) is 6.01. The van der Waals surface area contributed by atoms with Crippen molar-refractivity contribution in [1.82, 2.24) is 19.8 Å². The minimum Gasteiger partial charge on any atom is -0.478 e. The largest absolute Gasteiger partial charge is 0.478 e. The molecule has 0 amide bonds. The molecule has 2 aromatic heterocycles. The van der Waals surface area contributed by atoms with Gasteiger partial charge in [0.25, 0.3) is 0 Å². The number of ether oxygens (including phenoxy) is 1. The second-order valence-corrected chi connectivity index (χ2v) is 4.36. The number of nitrogens with one attached hydrogen (secondary N) is 1. The van der Waals surface area contributed by atoms with Gasteiger partial charge in [0.15, 0.2) is 5.65 Å². The Balaban J connectivity index is 1.96. The normalized spacial score (nSPS) is 10.7. The number of hydrogen-bond donors (Lipinski definition) is 2. The number of rotatable bonds is 3. The van der Waals surface area contributed by atoms with Crippen LogP contribution in [0.5, 0.6) is 11.6 Å². The number of carboxylic acids is 1.